The second kappa shape index (κ2) is 5.91. The molecule has 3 heterocycles. The summed E-state index contributed by atoms with van der Waals surface area (Å²) in [5, 5.41) is 1.40. The highest BCUT2D eigenvalue weighted by atomic mass is 15.1. The largest absolute Gasteiger partial charge is 0.320 e. The molecule has 0 saturated carbocycles. The van der Waals surface area contributed by atoms with E-state index in [1.807, 2.05) is 18.5 Å². The molecule has 1 aromatic carbocycles. The number of aromatic nitrogens is 2. The van der Waals surface area contributed by atoms with Gasteiger partial charge in [0.2, 0.25) is 0 Å². The second-order valence-electron chi connectivity index (χ2n) is 6.86. The summed E-state index contributed by atoms with van der Waals surface area (Å²) in [4.78, 5) is 6.66. The topological polar surface area (TPSA) is 21.1 Å². The molecule has 0 saturated heterocycles. The van der Waals surface area contributed by atoms with Crippen LogP contribution < -0.4 is 0 Å². The van der Waals surface area contributed by atoms with E-state index in [9.17, 15) is 0 Å². The number of nitrogens with zero attached hydrogens (tertiary/aromatic N) is 3. The fourth-order valence-corrected chi connectivity index (χ4v) is 3.65. The molecule has 3 aromatic rings. The molecule has 0 fully saturated rings. The summed E-state index contributed by atoms with van der Waals surface area (Å²) in [6, 6.07) is 10.9. The van der Waals surface area contributed by atoms with E-state index in [2.05, 4.69) is 65.8 Å². The first kappa shape index (κ1) is 15.2. The van der Waals surface area contributed by atoms with E-state index in [-0.39, 0.29) is 0 Å². The van der Waals surface area contributed by atoms with E-state index in [1.165, 1.54) is 38.9 Å². The number of allylic oxidation sites excluding steroid dienone is 1. The molecule has 0 atom stereocenters. The molecule has 0 bridgehead atoms. The fourth-order valence-electron chi connectivity index (χ4n) is 3.65. The van der Waals surface area contributed by atoms with Crippen molar-refractivity contribution in [3.8, 4) is 0 Å². The van der Waals surface area contributed by atoms with Gasteiger partial charge in [-0.05, 0) is 55.8 Å². The van der Waals surface area contributed by atoms with Gasteiger partial charge in [-0.1, -0.05) is 17.7 Å². The lowest BCUT2D eigenvalue weighted by Crippen LogP contribution is -2.26. The first-order valence-electron chi connectivity index (χ1n) is 8.53. The summed E-state index contributed by atoms with van der Waals surface area (Å²) in [6.45, 7) is 6.48. The van der Waals surface area contributed by atoms with Gasteiger partial charge >= 0.3 is 0 Å². The van der Waals surface area contributed by atoms with Crippen molar-refractivity contribution < 1.29 is 0 Å². The molecule has 0 radical (unpaired) electrons. The monoisotopic (exact) mass is 317 g/mol. The van der Waals surface area contributed by atoms with Crippen LogP contribution in [-0.4, -0.2) is 28.0 Å². The third kappa shape index (κ3) is 2.55. The molecule has 1 aliphatic rings. The van der Waals surface area contributed by atoms with Gasteiger partial charge in [0, 0.05) is 49.2 Å². The Bertz CT molecular complexity index is 919. The zero-order valence-electron chi connectivity index (χ0n) is 14.6. The quantitative estimate of drug-likeness (QED) is 0.700. The highest BCUT2D eigenvalue weighted by Gasteiger charge is 2.21. The molecular weight excluding hydrogens is 294 g/mol. The molecule has 3 nitrogen and oxygen atoms in total. The van der Waals surface area contributed by atoms with Gasteiger partial charge in [0.15, 0.2) is 0 Å². The molecular formula is C21H23N3. The number of hydrogen-bond acceptors (Lipinski definition) is 2. The van der Waals surface area contributed by atoms with E-state index >= 15 is 0 Å². The Kier molecular flexibility index (Phi) is 3.73. The first-order chi connectivity index (χ1) is 11.6. The van der Waals surface area contributed by atoms with Crippen LogP contribution in [0.4, 0.5) is 0 Å². The van der Waals surface area contributed by atoms with Crippen LogP contribution in [0.15, 0.2) is 42.7 Å². The van der Waals surface area contributed by atoms with Gasteiger partial charge in [-0.15, -0.1) is 0 Å². The standard InChI is InChI=1S/C21H23N3/c1-15-6-7-20-18(11-15)19-14-23(3)10-8-21(19)24(20)13-16(2)17-5-4-9-22-12-17/h4-7,9,11-13H,8,10,14H2,1-3H3/b16-13+. The lowest BCUT2D eigenvalue weighted by molar-refractivity contribution is 0.312. The van der Waals surface area contributed by atoms with E-state index in [1.54, 1.807) is 0 Å². The lowest BCUT2D eigenvalue weighted by Gasteiger charge is -2.23. The molecule has 2 aromatic heterocycles. The molecule has 0 amide bonds. The summed E-state index contributed by atoms with van der Waals surface area (Å²) in [5.74, 6) is 0. The van der Waals surface area contributed by atoms with Crippen molar-refractivity contribution in [3.05, 3.63) is 65.1 Å². The van der Waals surface area contributed by atoms with Gasteiger partial charge in [-0.25, -0.2) is 0 Å². The van der Waals surface area contributed by atoms with Gasteiger partial charge in [-0.3, -0.25) is 4.98 Å². The number of fused-ring (bicyclic) bond motifs is 3. The van der Waals surface area contributed by atoms with Gasteiger partial charge in [0.1, 0.15) is 0 Å². The van der Waals surface area contributed by atoms with Gasteiger partial charge in [-0.2, -0.15) is 0 Å². The number of aryl methyl sites for hydroxylation is 1. The first-order valence-corrected chi connectivity index (χ1v) is 8.53. The number of hydrogen-bond donors (Lipinski definition) is 0. The van der Waals surface area contributed by atoms with Crippen LogP contribution in [0.5, 0.6) is 0 Å². The van der Waals surface area contributed by atoms with Crippen LogP contribution in [0.2, 0.25) is 0 Å². The summed E-state index contributed by atoms with van der Waals surface area (Å²) in [7, 11) is 2.21. The summed E-state index contributed by atoms with van der Waals surface area (Å²) < 4.78 is 2.40. The smallest absolute Gasteiger partial charge is 0.0529 e. The molecule has 0 unspecified atom stereocenters. The van der Waals surface area contributed by atoms with Crippen LogP contribution in [0.25, 0.3) is 22.7 Å². The van der Waals surface area contributed by atoms with Crippen molar-refractivity contribution in [2.75, 3.05) is 13.6 Å². The van der Waals surface area contributed by atoms with Crippen molar-refractivity contribution in [1.82, 2.24) is 14.5 Å². The van der Waals surface area contributed by atoms with E-state index < -0.39 is 0 Å². The van der Waals surface area contributed by atoms with Crippen LogP contribution in [0.3, 0.4) is 0 Å². The maximum Gasteiger partial charge on any atom is 0.0529 e. The average molecular weight is 317 g/mol. The lowest BCUT2D eigenvalue weighted by atomic mass is 10.0. The SMILES string of the molecule is C/C(=C\n1c2c(c3cc(C)ccc31)CN(C)CC2)c1cccnc1. The fraction of sp³-hybridized carbons (Fsp3) is 0.286. The highest BCUT2D eigenvalue weighted by molar-refractivity contribution is 5.90. The van der Waals surface area contributed by atoms with Crippen LogP contribution in [0.1, 0.15) is 29.3 Å². The van der Waals surface area contributed by atoms with Crippen molar-refractivity contribution in [2.24, 2.45) is 0 Å². The molecule has 1 aliphatic heterocycles. The zero-order valence-corrected chi connectivity index (χ0v) is 14.6. The van der Waals surface area contributed by atoms with Crippen molar-refractivity contribution in [1.29, 1.82) is 0 Å². The normalized spacial score (nSPS) is 15.7. The summed E-state index contributed by atoms with van der Waals surface area (Å²) in [5.41, 5.74) is 7.98. The van der Waals surface area contributed by atoms with E-state index in [0.29, 0.717) is 0 Å². The second-order valence-corrected chi connectivity index (χ2v) is 6.86. The Morgan fingerprint density at radius 1 is 1.25 bits per heavy atom. The Morgan fingerprint density at radius 2 is 2.12 bits per heavy atom. The minimum Gasteiger partial charge on any atom is -0.320 e. The van der Waals surface area contributed by atoms with Crippen LogP contribution >= 0.6 is 0 Å². The third-order valence-electron chi connectivity index (χ3n) is 4.97. The van der Waals surface area contributed by atoms with Gasteiger partial charge in [0.05, 0.1) is 5.52 Å². The van der Waals surface area contributed by atoms with Gasteiger partial charge < -0.3 is 9.47 Å². The Hall–Kier alpha value is -2.39. The minimum atomic E-state index is 1.03. The number of likely N-dealkylation sites (N-methyl/N-ethyl adjacent to an activating group) is 1. The van der Waals surface area contributed by atoms with Gasteiger partial charge in [0.25, 0.3) is 0 Å². The number of pyridine rings is 1. The van der Waals surface area contributed by atoms with Crippen LogP contribution in [-0.2, 0) is 13.0 Å². The maximum absolute atomic E-state index is 4.25. The molecule has 3 heteroatoms. The van der Waals surface area contributed by atoms with E-state index in [0.717, 1.165) is 19.5 Å². The molecule has 0 aliphatic carbocycles. The highest BCUT2D eigenvalue weighted by Crippen LogP contribution is 2.32. The Labute approximate surface area is 143 Å². The van der Waals surface area contributed by atoms with Crippen molar-refractivity contribution in [3.63, 3.8) is 0 Å². The van der Waals surface area contributed by atoms with E-state index in [4.69, 9.17) is 0 Å². The predicted octanol–water partition coefficient (Wildman–Crippen LogP) is 4.35. The molecule has 4 rings (SSSR count). The maximum atomic E-state index is 4.25. The molecule has 24 heavy (non-hydrogen) atoms. The number of benzene rings is 1. The minimum absolute atomic E-state index is 1.03. The van der Waals surface area contributed by atoms with Crippen molar-refractivity contribution >= 4 is 22.7 Å². The molecule has 0 N–H and O–H groups in total. The Morgan fingerprint density at radius 3 is 2.92 bits per heavy atom. The molecule has 0 spiro atoms. The summed E-state index contributed by atoms with van der Waals surface area (Å²) in [6.07, 6.45) is 7.12. The zero-order chi connectivity index (χ0) is 16.7. The number of rotatable bonds is 2. The van der Waals surface area contributed by atoms with Crippen LogP contribution in [0, 0.1) is 6.92 Å². The predicted molar refractivity (Wildman–Crippen MR) is 101 cm³/mol. The third-order valence-corrected chi connectivity index (χ3v) is 4.97. The Balaban J connectivity index is 1.92. The molecule has 122 valence electrons. The average Bonchev–Trinajstić information content (AvgIpc) is 2.88. The summed E-state index contributed by atoms with van der Waals surface area (Å²) >= 11 is 0. The van der Waals surface area contributed by atoms with Crippen molar-refractivity contribution in [2.45, 2.75) is 26.8 Å².